The Morgan fingerprint density at radius 2 is 2.22 bits per heavy atom. The minimum Gasteiger partial charge on any atom is -0.449 e. The first-order valence-corrected chi connectivity index (χ1v) is 7.15. The Kier molecular flexibility index (Phi) is 4.15. The highest BCUT2D eigenvalue weighted by Crippen LogP contribution is 2.39. The second-order valence-corrected chi connectivity index (χ2v) is 6.21. The molecule has 4 nitrogen and oxygen atoms in total. The number of rotatable bonds is 2. The summed E-state index contributed by atoms with van der Waals surface area (Å²) in [6, 6.07) is 0. The smallest absolute Gasteiger partial charge is 0.409 e. The maximum absolute atomic E-state index is 11.9. The highest BCUT2D eigenvalue weighted by atomic mass is 16.6. The fourth-order valence-electron chi connectivity index (χ4n) is 3.07. The van der Waals surface area contributed by atoms with Crippen LogP contribution in [0.1, 0.15) is 46.0 Å². The summed E-state index contributed by atoms with van der Waals surface area (Å²) >= 11 is 0. The van der Waals surface area contributed by atoms with Crippen molar-refractivity contribution in [1.82, 2.24) is 4.90 Å². The van der Waals surface area contributed by atoms with Crippen molar-refractivity contribution < 1.29 is 14.6 Å². The van der Waals surface area contributed by atoms with Gasteiger partial charge >= 0.3 is 6.09 Å². The Morgan fingerprint density at radius 3 is 2.94 bits per heavy atom. The fourth-order valence-corrected chi connectivity index (χ4v) is 3.07. The molecule has 18 heavy (non-hydrogen) atoms. The van der Waals surface area contributed by atoms with E-state index in [-0.39, 0.29) is 12.0 Å². The maximum atomic E-state index is 11.9. The molecule has 4 heteroatoms. The number of carbonyl (C=O) groups is 1. The van der Waals surface area contributed by atoms with E-state index in [2.05, 4.69) is 0 Å². The predicted octanol–water partition coefficient (Wildman–Crippen LogP) is 2.41. The van der Waals surface area contributed by atoms with Crippen LogP contribution in [-0.4, -0.2) is 41.4 Å². The third kappa shape index (κ3) is 2.97. The first-order valence-electron chi connectivity index (χ1n) is 7.15. The van der Waals surface area contributed by atoms with Crippen molar-refractivity contribution in [2.45, 2.75) is 51.6 Å². The van der Waals surface area contributed by atoms with E-state index in [0.29, 0.717) is 32.0 Å². The molecule has 1 saturated heterocycles. The molecule has 2 aliphatic rings. The van der Waals surface area contributed by atoms with Gasteiger partial charge < -0.3 is 14.7 Å². The summed E-state index contributed by atoms with van der Waals surface area (Å²) < 4.78 is 5.26. The van der Waals surface area contributed by atoms with Gasteiger partial charge in [0.2, 0.25) is 0 Å². The van der Waals surface area contributed by atoms with Gasteiger partial charge in [-0.15, -0.1) is 0 Å². The van der Waals surface area contributed by atoms with E-state index in [1.54, 1.807) is 4.90 Å². The molecule has 0 bridgehead atoms. The molecule has 2 fully saturated rings. The summed E-state index contributed by atoms with van der Waals surface area (Å²) in [5.74, 6) is 0.608. The summed E-state index contributed by atoms with van der Waals surface area (Å²) in [5.41, 5.74) is -0.521. The van der Waals surface area contributed by atoms with E-state index >= 15 is 0 Å². The third-order valence-electron chi connectivity index (χ3n) is 4.23. The van der Waals surface area contributed by atoms with Crippen LogP contribution in [0.4, 0.5) is 4.79 Å². The Morgan fingerprint density at radius 1 is 1.44 bits per heavy atom. The van der Waals surface area contributed by atoms with E-state index in [1.165, 1.54) is 6.42 Å². The number of likely N-dealkylation sites (tertiary alicyclic amines) is 1. The second kappa shape index (κ2) is 5.47. The van der Waals surface area contributed by atoms with E-state index in [0.717, 1.165) is 19.3 Å². The SMILES string of the molecule is CC(C)COC(=O)N1CCC2(O)CCCCC2C1. The monoisotopic (exact) mass is 255 g/mol. The van der Waals surface area contributed by atoms with Gasteiger partial charge in [-0.3, -0.25) is 0 Å². The Labute approximate surface area is 109 Å². The largest absolute Gasteiger partial charge is 0.449 e. The number of fused-ring (bicyclic) bond motifs is 1. The molecule has 104 valence electrons. The van der Waals surface area contributed by atoms with E-state index in [4.69, 9.17) is 4.74 Å². The molecule has 1 aliphatic heterocycles. The van der Waals surface area contributed by atoms with Crippen molar-refractivity contribution in [1.29, 1.82) is 0 Å². The molecular formula is C14H25NO3. The number of piperidine rings is 1. The molecule has 2 atom stereocenters. The van der Waals surface area contributed by atoms with E-state index in [1.807, 2.05) is 13.8 Å². The topological polar surface area (TPSA) is 49.8 Å². The van der Waals surface area contributed by atoms with E-state index < -0.39 is 5.60 Å². The molecule has 0 aromatic rings. The van der Waals surface area contributed by atoms with Crippen LogP contribution < -0.4 is 0 Å². The standard InChI is InChI=1S/C14H25NO3/c1-11(2)10-18-13(16)15-8-7-14(17)6-4-3-5-12(14)9-15/h11-12,17H,3-10H2,1-2H3. The summed E-state index contributed by atoms with van der Waals surface area (Å²) in [7, 11) is 0. The van der Waals surface area contributed by atoms with Gasteiger partial charge in [0.1, 0.15) is 0 Å². The molecule has 1 aliphatic carbocycles. The zero-order chi connectivity index (χ0) is 13.2. The zero-order valence-electron chi connectivity index (χ0n) is 11.5. The van der Waals surface area contributed by atoms with Crippen LogP contribution in [0.5, 0.6) is 0 Å². The van der Waals surface area contributed by atoms with Crippen molar-refractivity contribution in [2.24, 2.45) is 11.8 Å². The molecule has 0 aromatic carbocycles. The predicted molar refractivity (Wildman–Crippen MR) is 69.3 cm³/mol. The number of ether oxygens (including phenoxy) is 1. The lowest BCUT2D eigenvalue weighted by Gasteiger charge is -2.46. The van der Waals surface area contributed by atoms with Crippen LogP contribution in [0.3, 0.4) is 0 Å². The van der Waals surface area contributed by atoms with Gasteiger partial charge in [-0.25, -0.2) is 4.79 Å². The van der Waals surface area contributed by atoms with E-state index in [9.17, 15) is 9.90 Å². The van der Waals surface area contributed by atoms with Crippen molar-refractivity contribution in [3.8, 4) is 0 Å². The van der Waals surface area contributed by atoms with Crippen molar-refractivity contribution >= 4 is 6.09 Å². The number of nitrogens with zero attached hydrogens (tertiary/aromatic N) is 1. The number of hydrogen-bond donors (Lipinski definition) is 1. The zero-order valence-corrected chi connectivity index (χ0v) is 11.5. The van der Waals surface area contributed by atoms with Crippen LogP contribution in [0.25, 0.3) is 0 Å². The summed E-state index contributed by atoms with van der Waals surface area (Å²) in [6.07, 6.45) is 4.70. The highest BCUT2D eigenvalue weighted by molar-refractivity contribution is 5.67. The lowest BCUT2D eigenvalue weighted by atomic mass is 9.71. The average molecular weight is 255 g/mol. The van der Waals surface area contributed by atoms with Crippen molar-refractivity contribution in [3.05, 3.63) is 0 Å². The Bertz CT molecular complexity index is 305. The minimum absolute atomic E-state index is 0.212. The van der Waals surface area contributed by atoms with Crippen LogP contribution in [0.15, 0.2) is 0 Å². The molecule has 0 radical (unpaired) electrons. The van der Waals surface area contributed by atoms with Crippen LogP contribution >= 0.6 is 0 Å². The molecule has 2 unspecified atom stereocenters. The van der Waals surface area contributed by atoms with Crippen molar-refractivity contribution in [2.75, 3.05) is 19.7 Å². The molecular weight excluding hydrogens is 230 g/mol. The molecule has 1 saturated carbocycles. The molecule has 0 aromatic heterocycles. The van der Waals surface area contributed by atoms with Crippen LogP contribution in [0.2, 0.25) is 0 Å². The lowest BCUT2D eigenvalue weighted by Crippen LogP contribution is -2.54. The summed E-state index contributed by atoms with van der Waals surface area (Å²) in [4.78, 5) is 13.7. The number of hydrogen-bond acceptors (Lipinski definition) is 3. The van der Waals surface area contributed by atoms with Gasteiger partial charge in [0.05, 0.1) is 12.2 Å². The molecule has 1 heterocycles. The normalized spacial score (nSPS) is 32.2. The summed E-state index contributed by atoms with van der Waals surface area (Å²) in [6.45, 7) is 5.83. The van der Waals surface area contributed by atoms with Gasteiger partial charge in [-0.1, -0.05) is 26.7 Å². The van der Waals surface area contributed by atoms with Gasteiger partial charge in [-0.2, -0.15) is 0 Å². The molecule has 0 spiro atoms. The number of amides is 1. The Balaban J connectivity index is 1.88. The molecule has 1 N–H and O–H groups in total. The fraction of sp³-hybridized carbons (Fsp3) is 0.929. The number of carbonyl (C=O) groups excluding carboxylic acids is 1. The first kappa shape index (κ1) is 13.7. The average Bonchev–Trinajstić information content (AvgIpc) is 2.34. The lowest BCUT2D eigenvalue weighted by molar-refractivity contribution is -0.0917. The third-order valence-corrected chi connectivity index (χ3v) is 4.23. The maximum Gasteiger partial charge on any atom is 0.409 e. The summed E-state index contributed by atoms with van der Waals surface area (Å²) in [5, 5.41) is 10.5. The number of aliphatic hydroxyl groups is 1. The molecule has 2 rings (SSSR count). The molecule has 1 amide bonds. The van der Waals surface area contributed by atoms with Gasteiger partial charge in [0, 0.05) is 19.0 Å². The van der Waals surface area contributed by atoms with Gasteiger partial charge in [0.25, 0.3) is 0 Å². The van der Waals surface area contributed by atoms with Crippen LogP contribution in [-0.2, 0) is 4.74 Å². The van der Waals surface area contributed by atoms with Crippen LogP contribution in [0, 0.1) is 11.8 Å². The first-order chi connectivity index (χ1) is 8.51. The van der Waals surface area contributed by atoms with Gasteiger partial charge in [-0.05, 0) is 25.2 Å². The second-order valence-electron chi connectivity index (χ2n) is 6.21. The van der Waals surface area contributed by atoms with Gasteiger partial charge in [0.15, 0.2) is 0 Å². The quantitative estimate of drug-likeness (QED) is 0.824. The Hall–Kier alpha value is -0.770. The highest BCUT2D eigenvalue weighted by Gasteiger charge is 2.44. The van der Waals surface area contributed by atoms with Crippen molar-refractivity contribution in [3.63, 3.8) is 0 Å². The minimum atomic E-state index is -0.521.